The number of aryl methyl sites for hydroxylation is 1. The molecule has 2 aromatic rings. The van der Waals surface area contributed by atoms with E-state index in [-0.39, 0.29) is 25.1 Å². The lowest BCUT2D eigenvalue weighted by Gasteiger charge is -2.25. The van der Waals surface area contributed by atoms with Crippen molar-refractivity contribution in [1.29, 1.82) is 0 Å². The maximum atomic E-state index is 13.3. The summed E-state index contributed by atoms with van der Waals surface area (Å²) < 4.78 is 36.6. The van der Waals surface area contributed by atoms with Crippen LogP contribution in [0.15, 0.2) is 40.1 Å². The monoisotopic (exact) mass is 384 g/mol. The number of H-pyrrole nitrogens is 1. The normalized spacial score (nSPS) is 17.4. The molecule has 0 amide bonds. The van der Waals surface area contributed by atoms with E-state index in [1.54, 1.807) is 6.07 Å². The summed E-state index contributed by atoms with van der Waals surface area (Å²) in [4.78, 5) is 24.9. The Morgan fingerprint density at radius 3 is 3.00 bits per heavy atom. The molecular formula is C16H18FN2O6P. The number of methoxy groups -OCH3 is 1. The lowest BCUT2D eigenvalue weighted by molar-refractivity contribution is 0.0399. The standard InChI is InChI=1S/C16H18FN2O6P/c1-22-13(4-6-19-7-5-15(20)18-16(19)21)10-24-26-23-9-11-2-3-12(17)8-14(11)25-26/h2-3,5,7-8,13H,4,6,9-10H2,1H3,(H,18,20,21). The van der Waals surface area contributed by atoms with E-state index in [1.165, 1.54) is 36.1 Å². The Morgan fingerprint density at radius 2 is 2.23 bits per heavy atom. The second-order valence-electron chi connectivity index (χ2n) is 5.59. The van der Waals surface area contributed by atoms with Gasteiger partial charge < -0.3 is 13.8 Å². The molecule has 2 heterocycles. The fourth-order valence-electron chi connectivity index (χ4n) is 2.34. The second-order valence-corrected chi connectivity index (χ2v) is 6.73. The van der Waals surface area contributed by atoms with E-state index in [1.807, 2.05) is 0 Å². The Morgan fingerprint density at radius 1 is 1.38 bits per heavy atom. The molecule has 0 spiro atoms. The minimum atomic E-state index is -1.65. The summed E-state index contributed by atoms with van der Waals surface area (Å²) in [5, 5.41) is 0. The Kier molecular flexibility index (Phi) is 6.16. The van der Waals surface area contributed by atoms with Crippen LogP contribution in [0.3, 0.4) is 0 Å². The van der Waals surface area contributed by atoms with E-state index < -0.39 is 19.9 Å². The van der Waals surface area contributed by atoms with Gasteiger partial charge in [-0.2, -0.15) is 0 Å². The van der Waals surface area contributed by atoms with Crippen LogP contribution in [0.1, 0.15) is 12.0 Å². The summed E-state index contributed by atoms with van der Waals surface area (Å²) in [6, 6.07) is 5.53. The number of aromatic amines is 1. The first-order valence-electron chi connectivity index (χ1n) is 7.90. The molecule has 2 unspecified atom stereocenters. The zero-order valence-corrected chi connectivity index (χ0v) is 14.9. The van der Waals surface area contributed by atoms with Crippen molar-refractivity contribution in [3.05, 3.63) is 62.7 Å². The van der Waals surface area contributed by atoms with Crippen LogP contribution in [0.5, 0.6) is 5.75 Å². The lowest BCUT2D eigenvalue weighted by atomic mass is 10.2. The van der Waals surface area contributed by atoms with Gasteiger partial charge in [0.15, 0.2) is 0 Å². The average Bonchev–Trinajstić information content (AvgIpc) is 2.62. The molecule has 1 N–H and O–H groups in total. The minimum absolute atomic E-state index is 0.185. The summed E-state index contributed by atoms with van der Waals surface area (Å²) in [6.45, 7) is 0.821. The van der Waals surface area contributed by atoms with Crippen LogP contribution >= 0.6 is 8.60 Å². The first-order valence-corrected chi connectivity index (χ1v) is 8.99. The van der Waals surface area contributed by atoms with E-state index in [0.29, 0.717) is 18.7 Å². The fraction of sp³-hybridized carbons (Fsp3) is 0.375. The van der Waals surface area contributed by atoms with E-state index in [0.717, 1.165) is 5.56 Å². The van der Waals surface area contributed by atoms with Crippen LogP contribution in [0.25, 0.3) is 0 Å². The van der Waals surface area contributed by atoms with Crippen LogP contribution in [-0.2, 0) is 26.9 Å². The Balaban J connectivity index is 1.51. The third-order valence-electron chi connectivity index (χ3n) is 3.82. The third-order valence-corrected chi connectivity index (χ3v) is 4.86. The van der Waals surface area contributed by atoms with Gasteiger partial charge in [-0.1, -0.05) is 6.07 Å². The maximum Gasteiger partial charge on any atom is 0.397 e. The van der Waals surface area contributed by atoms with Crippen molar-refractivity contribution in [3.63, 3.8) is 0 Å². The van der Waals surface area contributed by atoms with Gasteiger partial charge in [-0.3, -0.25) is 18.8 Å². The van der Waals surface area contributed by atoms with Crippen LogP contribution < -0.4 is 15.8 Å². The lowest BCUT2D eigenvalue weighted by Crippen LogP contribution is -2.30. The summed E-state index contributed by atoms with van der Waals surface area (Å²) >= 11 is 0. The summed E-state index contributed by atoms with van der Waals surface area (Å²) in [7, 11) is -0.115. The smallest absolute Gasteiger partial charge is 0.397 e. The SMILES string of the molecule is COC(CCn1ccc(=O)[nH]c1=O)COP1OCc2ccc(F)cc2O1. The van der Waals surface area contributed by atoms with Crippen molar-refractivity contribution in [3.8, 4) is 5.75 Å². The zero-order chi connectivity index (χ0) is 18.5. The molecule has 0 fully saturated rings. The van der Waals surface area contributed by atoms with Crippen molar-refractivity contribution in [2.24, 2.45) is 0 Å². The molecule has 0 aliphatic carbocycles. The molecule has 8 nitrogen and oxygen atoms in total. The van der Waals surface area contributed by atoms with Crippen molar-refractivity contribution >= 4 is 8.60 Å². The average molecular weight is 384 g/mol. The van der Waals surface area contributed by atoms with Gasteiger partial charge in [0.1, 0.15) is 11.6 Å². The Hall–Kier alpha value is -2.06. The van der Waals surface area contributed by atoms with Crippen molar-refractivity contribution in [2.75, 3.05) is 13.7 Å². The molecule has 0 radical (unpaired) electrons. The molecule has 3 rings (SSSR count). The molecule has 2 atom stereocenters. The number of benzene rings is 1. The van der Waals surface area contributed by atoms with E-state index in [9.17, 15) is 14.0 Å². The minimum Gasteiger partial charge on any atom is -0.426 e. The number of halogens is 1. The zero-order valence-electron chi connectivity index (χ0n) is 14.0. The fourth-order valence-corrected chi connectivity index (χ4v) is 3.38. The predicted molar refractivity (Wildman–Crippen MR) is 91.4 cm³/mol. The molecule has 1 aromatic heterocycles. The van der Waals surface area contributed by atoms with E-state index in [4.69, 9.17) is 18.3 Å². The molecular weight excluding hydrogens is 366 g/mol. The topological polar surface area (TPSA) is 91.8 Å². The van der Waals surface area contributed by atoms with E-state index >= 15 is 0 Å². The Labute approximate surface area is 149 Å². The number of hydrogen-bond acceptors (Lipinski definition) is 6. The van der Waals surface area contributed by atoms with Crippen LogP contribution in [-0.4, -0.2) is 29.4 Å². The maximum absolute atomic E-state index is 13.3. The van der Waals surface area contributed by atoms with Gasteiger partial charge >= 0.3 is 14.3 Å². The van der Waals surface area contributed by atoms with Gasteiger partial charge in [0, 0.05) is 37.5 Å². The highest BCUT2D eigenvalue weighted by atomic mass is 31.2. The highest BCUT2D eigenvalue weighted by Gasteiger charge is 2.25. The number of rotatable bonds is 7. The number of ether oxygens (including phenoxy) is 1. The highest BCUT2D eigenvalue weighted by Crippen LogP contribution is 2.47. The van der Waals surface area contributed by atoms with Gasteiger partial charge in [-0.25, -0.2) is 9.18 Å². The Bertz CT molecular complexity index is 870. The summed E-state index contributed by atoms with van der Waals surface area (Å²) in [5.74, 6) is 0.0258. The third kappa shape index (κ3) is 4.76. The van der Waals surface area contributed by atoms with Crippen LogP contribution in [0.4, 0.5) is 4.39 Å². The molecule has 140 valence electrons. The molecule has 0 saturated carbocycles. The van der Waals surface area contributed by atoms with Crippen molar-refractivity contribution < 1.29 is 22.7 Å². The predicted octanol–water partition coefficient (Wildman–Crippen LogP) is 1.93. The van der Waals surface area contributed by atoms with Gasteiger partial charge in [0.05, 0.1) is 19.3 Å². The molecule has 26 heavy (non-hydrogen) atoms. The van der Waals surface area contributed by atoms with Gasteiger partial charge in [-0.05, 0) is 12.5 Å². The molecule has 1 aliphatic rings. The van der Waals surface area contributed by atoms with E-state index in [2.05, 4.69) is 4.98 Å². The van der Waals surface area contributed by atoms with Crippen LogP contribution in [0.2, 0.25) is 0 Å². The number of nitrogens with one attached hydrogen (secondary N) is 1. The molecule has 1 aliphatic heterocycles. The number of fused-ring (bicyclic) bond motifs is 1. The number of hydrogen-bond donors (Lipinski definition) is 1. The van der Waals surface area contributed by atoms with Crippen LogP contribution in [0, 0.1) is 5.82 Å². The second kappa shape index (κ2) is 8.55. The quantitative estimate of drug-likeness (QED) is 0.734. The van der Waals surface area contributed by atoms with Crippen molar-refractivity contribution in [2.45, 2.75) is 25.7 Å². The summed E-state index contributed by atoms with van der Waals surface area (Å²) in [6.07, 6.45) is 1.60. The number of aromatic nitrogens is 2. The van der Waals surface area contributed by atoms with Gasteiger partial charge in [0.2, 0.25) is 0 Å². The largest absolute Gasteiger partial charge is 0.426 e. The molecule has 0 bridgehead atoms. The van der Waals surface area contributed by atoms with Gasteiger partial charge in [0.25, 0.3) is 5.56 Å². The highest BCUT2D eigenvalue weighted by molar-refractivity contribution is 7.42. The number of nitrogens with zero attached hydrogens (tertiary/aromatic N) is 1. The molecule has 10 heteroatoms. The van der Waals surface area contributed by atoms with Gasteiger partial charge in [-0.15, -0.1) is 0 Å². The van der Waals surface area contributed by atoms with Crippen molar-refractivity contribution in [1.82, 2.24) is 9.55 Å². The summed E-state index contributed by atoms with van der Waals surface area (Å²) in [5.41, 5.74) is -0.159. The first kappa shape index (κ1) is 18.7. The molecule has 1 aromatic carbocycles. The first-order chi connectivity index (χ1) is 12.5. The molecule has 0 saturated heterocycles.